The number of hydroxylamine groups is 2. The van der Waals surface area contributed by atoms with Crippen LogP contribution in [-0.2, 0) is 120 Å². The van der Waals surface area contributed by atoms with E-state index >= 15 is 0 Å². The minimum absolute atomic E-state index is 0.00926. The molecule has 21 amide bonds. The molecule has 7 heterocycles. The van der Waals surface area contributed by atoms with Crippen molar-refractivity contribution >= 4 is 142 Å². The SMILES string of the molecule is NCCN(CCN)C(=O)CCC(=O)O.O=C(CCC(=O)N(CCN1C(=O)C=CC1=O)CCN1C(=O)C=CC1=O)ON1C(=O)CCC1=O.O=C(O)CCC(=O)N(CCNC(=O)CCC(=O)N(CCN1C(=O)C=CC1=O)CCN1C(=O)C=CC1=O)CCNC(=O)CCC(=O)N(CCN1C(=O)C=CC1=O)CCN1C(=O)C=CC1=O. The van der Waals surface area contributed by atoms with Crippen LogP contribution in [0.2, 0.25) is 0 Å². The highest BCUT2D eigenvalue weighted by atomic mass is 16.7. The number of amides is 21. The van der Waals surface area contributed by atoms with Crippen LogP contribution in [0.25, 0.3) is 0 Å². The maximum absolute atomic E-state index is 13.2. The number of aliphatic carboxylic acids is 2. The highest BCUT2D eigenvalue weighted by Crippen LogP contribution is 2.16. The maximum Gasteiger partial charge on any atom is 0.333 e. The summed E-state index contributed by atoms with van der Waals surface area (Å²) >= 11 is 0. The van der Waals surface area contributed by atoms with Crippen LogP contribution in [0.15, 0.2) is 72.9 Å². The summed E-state index contributed by atoms with van der Waals surface area (Å²) < 4.78 is 0. The molecule has 8 N–H and O–H groups in total. The summed E-state index contributed by atoms with van der Waals surface area (Å²) in [7, 11) is 0. The Bertz CT molecular complexity index is 3520. The van der Waals surface area contributed by atoms with Gasteiger partial charge < -0.3 is 61.7 Å². The van der Waals surface area contributed by atoms with Gasteiger partial charge in [0, 0.05) is 262 Å². The molecule has 0 bridgehead atoms. The van der Waals surface area contributed by atoms with Crippen molar-refractivity contribution in [3.8, 4) is 0 Å². The Labute approximate surface area is 631 Å². The Morgan fingerprint density at radius 3 is 0.739 bits per heavy atom. The van der Waals surface area contributed by atoms with Gasteiger partial charge in [0.15, 0.2) is 0 Å². The molecule has 7 aliphatic heterocycles. The van der Waals surface area contributed by atoms with E-state index in [1.165, 1.54) is 24.5 Å². The van der Waals surface area contributed by atoms with Gasteiger partial charge in [-0.2, -0.15) is 0 Å². The average molecular weight is 1560 g/mol. The first-order valence-electron chi connectivity index (χ1n) is 34.8. The van der Waals surface area contributed by atoms with Crippen molar-refractivity contribution in [1.82, 2.24) is 69.6 Å². The van der Waals surface area contributed by atoms with Crippen molar-refractivity contribution in [3.05, 3.63) is 72.9 Å². The van der Waals surface area contributed by atoms with E-state index in [1.807, 2.05) is 0 Å². The van der Waals surface area contributed by atoms with E-state index in [0.29, 0.717) is 31.2 Å². The monoisotopic (exact) mass is 1560 g/mol. The van der Waals surface area contributed by atoms with Crippen LogP contribution in [0.3, 0.4) is 0 Å². The van der Waals surface area contributed by atoms with Crippen LogP contribution >= 0.6 is 0 Å². The molecule has 0 aliphatic carbocycles. The molecule has 1 fully saturated rings. The summed E-state index contributed by atoms with van der Waals surface area (Å²) in [5.41, 5.74) is 10.6. The lowest BCUT2D eigenvalue weighted by atomic mass is 10.2. The van der Waals surface area contributed by atoms with Crippen LogP contribution < -0.4 is 22.1 Å². The number of hydrogen-bond acceptors (Lipinski definition) is 27. The zero-order chi connectivity index (χ0) is 82.0. The number of nitrogens with zero attached hydrogens (tertiary/aromatic N) is 12. The molecule has 43 heteroatoms. The van der Waals surface area contributed by atoms with Gasteiger partial charge in [0.25, 0.3) is 82.7 Å². The number of hydrogen-bond donors (Lipinski definition) is 6. The quantitative estimate of drug-likeness (QED) is 0.0309. The molecule has 0 aromatic heterocycles. The van der Waals surface area contributed by atoms with Crippen LogP contribution in [0, 0.1) is 0 Å². The first kappa shape index (κ1) is 88.7. The molecule has 0 aromatic carbocycles. The third kappa shape index (κ3) is 28.6. The van der Waals surface area contributed by atoms with E-state index in [4.69, 9.17) is 26.5 Å². The Morgan fingerprint density at radius 2 is 0.514 bits per heavy atom. The number of nitrogens with one attached hydrogen (secondary N) is 2. The van der Waals surface area contributed by atoms with Crippen molar-refractivity contribution in [2.75, 3.05) is 131 Å². The van der Waals surface area contributed by atoms with E-state index in [2.05, 4.69) is 10.6 Å². The number of imide groups is 7. The maximum atomic E-state index is 13.2. The fraction of sp³-hybridized carbons (Fsp3) is 0.471. The second-order valence-electron chi connectivity index (χ2n) is 24.5. The predicted octanol–water partition coefficient (Wildman–Crippen LogP) is -7.52. The van der Waals surface area contributed by atoms with Gasteiger partial charge in [-0.3, -0.25) is 140 Å². The number of carboxylic acid groups (broad SMARTS) is 2. The zero-order valence-corrected chi connectivity index (χ0v) is 60.2. The second-order valence-corrected chi connectivity index (χ2v) is 24.5. The van der Waals surface area contributed by atoms with Crippen LogP contribution in [-0.4, -0.2) is 342 Å². The molecular formula is C68H84N16O27. The average Bonchev–Trinajstić information content (AvgIpc) is 1.77. The van der Waals surface area contributed by atoms with Gasteiger partial charge in [-0.25, -0.2) is 4.79 Å². The first-order valence-corrected chi connectivity index (χ1v) is 34.8. The molecular weight excluding hydrogens is 1470 g/mol. The summed E-state index contributed by atoms with van der Waals surface area (Å²) in [4.78, 5) is 305. The largest absolute Gasteiger partial charge is 0.481 e. The summed E-state index contributed by atoms with van der Waals surface area (Å²) in [6.07, 6.45) is 9.66. The van der Waals surface area contributed by atoms with Gasteiger partial charge in [-0.1, -0.05) is 0 Å². The molecule has 43 nitrogen and oxygen atoms in total. The molecule has 0 spiro atoms. The lowest BCUT2D eigenvalue weighted by Crippen LogP contribution is -2.45. The van der Waals surface area contributed by atoms with E-state index < -0.39 is 155 Å². The lowest BCUT2D eigenvalue weighted by molar-refractivity contribution is -0.197. The minimum atomic E-state index is -1.23. The molecule has 598 valence electrons. The molecule has 7 rings (SSSR count). The third-order valence-corrected chi connectivity index (χ3v) is 16.9. The van der Waals surface area contributed by atoms with Crippen LogP contribution in [0.1, 0.15) is 77.0 Å². The highest BCUT2D eigenvalue weighted by molar-refractivity contribution is 6.16. The molecule has 0 unspecified atom stereocenters. The number of carbonyl (C=O) groups excluding carboxylic acids is 22. The lowest BCUT2D eigenvalue weighted by Gasteiger charge is -2.27. The van der Waals surface area contributed by atoms with Gasteiger partial charge in [-0.15, -0.1) is 5.06 Å². The van der Waals surface area contributed by atoms with Gasteiger partial charge in [0.1, 0.15) is 0 Å². The second kappa shape index (κ2) is 44.4. The normalized spacial score (nSPS) is 15.4. The molecule has 0 saturated carbocycles. The fourth-order valence-corrected chi connectivity index (χ4v) is 10.9. The molecule has 7 aliphatic rings. The van der Waals surface area contributed by atoms with Gasteiger partial charge in [-0.05, 0) is 0 Å². The Kier molecular flexibility index (Phi) is 35.4. The zero-order valence-electron chi connectivity index (χ0n) is 60.2. The van der Waals surface area contributed by atoms with Gasteiger partial charge in [0.05, 0.1) is 19.3 Å². The van der Waals surface area contributed by atoms with E-state index in [9.17, 15) is 115 Å². The highest BCUT2D eigenvalue weighted by Gasteiger charge is 2.35. The minimum Gasteiger partial charge on any atom is -0.481 e. The summed E-state index contributed by atoms with van der Waals surface area (Å²) in [5, 5.41) is 23.0. The van der Waals surface area contributed by atoms with Gasteiger partial charge >= 0.3 is 17.9 Å². The molecule has 0 radical (unpaired) electrons. The Hall–Kier alpha value is -13.0. The Balaban J connectivity index is 0.000000385. The van der Waals surface area contributed by atoms with Crippen LogP contribution in [0.5, 0.6) is 0 Å². The fourth-order valence-electron chi connectivity index (χ4n) is 10.9. The molecule has 0 aromatic rings. The van der Waals surface area contributed by atoms with E-state index in [1.54, 1.807) is 0 Å². The number of rotatable bonds is 44. The van der Waals surface area contributed by atoms with E-state index in [-0.39, 0.29) is 168 Å². The smallest absolute Gasteiger partial charge is 0.333 e. The van der Waals surface area contributed by atoms with Crippen molar-refractivity contribution in [3.63, 3.8) is 0 Å². The molecule has 0 atom stereocenters. The third-order valence-electron chi connectivity index (χ3n) is 16.9. The van der Waals surface area contributed by atoms with Gasteiger partial charge in [0.2, 0.25) is 41.4 Å². The van der Waals surface area contributed by atoms with Crippen molar-refractivity contribution in [1.29, 1.82) is 0 Å². The van der Waals surface area contributed by atoms with Crippen molar-refractivity contribution in [2.24, 2.45) is 11.5 Å². The van der Waals surface area contributed by atoms with Crippen molar-refractivity contribution < 1.29 is 130 Å². The summed E-state index contributed by atoms with van der Waals surface area (Å²) in [6.45, 7) is -0.691. The number of carbonyl (C=O) groups is 24. The summed E-state index contributed by atoms with van der Waals surface area (Å²) in [5.74, 6) is -15.0. The topological polar surface area (TPSA) is 574 Å². The number of carboxylic acids is 2. The van der Waals surface area contributed by atoms with E-state index in [0.717, 1.165) is 102 Å². The standard InChI is InChI=1S/C40H47N9O15.C20H20N4O9.C8H17N3O3/c50-27(1-3-29(52)44(19-23-46-32(55)5-6-33(46)56)20-24-47-34(57)7-8-35(47)58)41-15-17-43(31(54)13-14-40(63)64)18-16-42-28(51)2-4-30(53)45(21-25-48-36(59)9-10-37(48)60)22-26-49-38(61)11-12-39(49)62;25-13(7-8-20(32)33-24-18(30)5-6-19(24)31)21(9-11-22-14(26)1-2-15(22)27)10-12-23-16(28)3-4-17(23)29;9-3-5-11(6-4-10)7(12)1-2-8(13)14/h5-12H,1-4,13-26H2,(H,41,50)(H,42,51)(H,63,64);1-4H,5-12H2;1-6,9-10H2,(H,13,14). The Morgan fingerprint density at radius 1 is 0.306 bits per heavy atom. The van der Waals surface area contributed by atoms with Crippen LogP contribution in [0.4, 0.5) is 0 Å². The summed E-state index contributed by atoms with van der Waals surface area (Å²) in [6, 6.07) is 0. The molecule has 1 saturated heterocycles. The van der Waals surface area contributed by atoms with Crippen molar-refractivity contribution in [2.45, 2.75) is 77.0 Å². The number of nitrogens with two attached hydrogens (primary N) is 2. The predicted molar refractivity (Wildman–Crippen MR) is 371 cm³/mol. The first-order chi connectivity index (χ1) is 52.7. The molecule has 111 heavy (non-hydrogen) atoms.